The summed E-state index contributed by atoms with van der Waals surface area (Å²) in [6.07, 6.45) is 9.40. The average Bonchev–Trinajstić information content (AvgIpc) is 3.18. The van der Waals surface area contributed by atoms with Crippen molar-refractivity contribution in [1.29, 1.82) is 0 Å². The molecular weight excluding hydrogens is 444 g/mol. The van der Waals surface area contributed by atoms with Crippen LogP contribution in [0, 0.1) is 0 Å². The Morgan fingerprint density at radius 1 is 1.06 bits per heavy atom. The predicted molar refractivity (Wildman–Crippen MR) is 141 cm³/mol. The number of methoxy groups -OCH3 is 1. The summed E-state index contributed by atoms with van der Waals surface area (Å²) < 4.78 is 11.3. The molecule has 3 aromatic rings. The van der Waals surface area contributed by atoms with Crippen LogP contribution < -0.4 is 14.8 Å². The quantitative estimate of drug-likeness (QED) is 0.350. The third-order valence-electron chi connectivity index (χ3n) is 5.89. The minimum atomic E-state index is -0.0858. The molecule has 0 saturated carbocycles. The summed E-state index contributed by atoms with van der Waals surface area (Å²) in [6.45, 7) is 2.72. The highest BCUT2D eigenvalue weighted by Gasteiger charge is 2.24. The van der Waals surface area contributed by atoms with E-state index in [-0.39, 0.29) is 5.91 Å². The number of benzene rings is 2. The normalized spacial score (nSPS) is 13.7. The molecule has 0 atom stereocenters. The molecule has 0 fully saturated rings. The predicted octanol–water partition coefficient (Wildman–Crippen LogP) is 7.21. The monoisotopic (exact) mass is 476 g/mol. The Kier molecular flexibility index (Phi) is 8.36. The number of hydrogen-bond donors (Lipinski definition) is 1. The maximum absolute atomic E-state index is 13.4. The first-order valence-electron chi connectivity index (χ1n) is 12.1. The van der Waals surface area contributed by atoms with Crippen LogP contribution in [0.15, 0.2) is 53.5 Å². The molecule has 2 aromatic carbocycles. The lowest BCUT2D eigenvalue weighted by Gasteiger charge is -2.12. The number of fused-ring (bicyclic) bond motifs is 1. The fraction of sp³-hybridized carbons (Fsp3) is 0.357. The second kappa shape index (κ2) is 11.8. The van der Waals surface area contributed by atoms with Gasteiger partial charge in [-0.25, -0.2) is 4.99 Å². The van der Waals surface area contributed by atoms with Crippen molar-refractivity contribution in [3.05, 3.63) is 70.1 Å². The van der Waals surface area contributed by atoms with E-state index in [0.29, 0.717) is 12.4 Å². The molecule has 1 heterocycles. The van der Waals surface area contributed by atoms with Crippen molar-refractivity contribution in [2.75, 3.05) is 19.0 Å². The second-order valence-corrected chi connectivity index (χ2v) is 9.52. The van der Waals surface area contributed by atoms with Gasteiger partial charge in [0.15, 0.2) is 11.5 Å². The van der Waals surface area contributed by atoms with Gasteiger partial charge >= 0.3 is 0 Å². The SMILES string of the molecule is CCCOc1ccc(C=Nc2sc3c(c2C(=O)Nc2ccccc2)CCCCCC3)cc1OC. The molecule has 0 aliphatic heterocycles. The number of anilines is 1. The van der Waals surface area contributed by atoms with Gasteiger partial charge in [0, 0.05) is 16.8 Å². The topological polar surface area (TPSA) is 59.9 Å². The van der Waals surface area contributed by atoms with E-state index >= 15 is 0 Å². The maximum Gasteiger partial charge on any atom is 0.259 e. The highest BCUT2D eigenvalue weighted by Crippen LogP contribution is 2.39. The molecule has 1 aromatic heterocycles. The van der Waals surface area contributed by atoms with Crippen LogP contribution in [0.5, 0.6) is 11.5 Å². The van der Waals surface area contributed by atoms with Gasteiger partial charge in [0.1, 0.15) is 5.00 Å². The number of hydrogen-bond acceptors (Lipinski definition) is 5. The molecule has 0 unspecified atom stereocenters. The van der Waals surface area contributed by atoms with E-state index < -0.39 is 0 Å². The molecule has 0 radical (unpaired) electrons. The van der Waals surface area contributed by atoms with Gasteiger partial charge in [0.05, 0.1) is 19.3 Å². The van der Waals surface area contributed by atoms with Gasteiger partial charge in [-0.1, -0.05) is 38.0 Å². The molecule has 178 valence electrons. The van der Waals surface area contributed by atoms with Crippen LogP contribution in [-0.4, -0.2) is 25.8 Å². The number of aryl methyl sites for hydroxylation is 1. The van der Waals surface area contributed by atoms with Gasteiger partial charge < -0.3 is 14.8 Å². The van der Waals surface area contributed by atoms with Crippen LogP contribution in [0.3, 0.4) is 0 Å². The van der Waals surface area contributed by atoms with E-state index in [1.807, 2.05) is 54.7 Å². The van der Waals surface area contributed by atoms with Crippen LogP contribution in [0.4, 0.5) is 10.7 Å². The molecule has 1 amide bonds. The molecular formula is C28H32N2O3S. The van der Waals surface area contributed by atoms with Crippen LogP contribution in [0.2, 0.25) is 0 Å². The van der Waals surface area contributed by atoms with Crippen LogP contribution in [0.1, 0.15) is 65.4 Å². The van der Waals surface area contributed by atoms with E-state index in [1.54, 1.807) is 18.4 Å². The minimum Gasteiger partial charge on any atom is -0.493 e. The molecule has 4 rings (SSSR count). The molecule has 5 nitrogen and oxygen atoms in total. The summed E-state index contributed by atoms with van der Waals surface area (Å²) in [5.41, 5.74) is 3.58. The Bertz CT molecular complexity index is 1140. The van der Waals surface area contributed by atoms with Gasteiger partial charge in [-0.05, 0) is 73.6 Å². The van der Waals surface area contributed by atoms with Crippen molar-refractivity contribution in [3.8, 4) is 11.5 Å². The Morgan fingerprint density at radius 2 is 1.85 bits per heavy atom. The average molecular weight is 477 g/mol. The lowest BCUT2D eigenvalue weighted by Crippen LogP contribution is -2.14. The summed E-state index contributed by atoms with van der Waals surface area (Å²) in [7, 11) is 1.64. The number of carbonyl (C=O) groups is 1. The number of para-hydroxylation sites is 1. The second-order valence-electron chi connectivity index (χ2n) is 8.44. The third kappa shape index (κ3) is 5.86. The number of rotatable bonds is 8. The first-order valence-corrected chi connectivity index (χ1v) is 12.9. The van der Waals surface area contributed by atoms with Crippen molar-refractivity contribution >= 4 is 34.1 Å². The highest BCUT2D eigenvalue weighted by atomic mass is 32.1. The van der Waals surface area contributed by atoms with Crippen LogP contribution in [0.25, 0.3) is 0 Å². The van der Waals surface area contributed by atoms with Gasteiger partial charge in [-0.15, -0.1) is 11.3 Å². The van der Waals surface area contributed by atoms with Crippen LogP contribution in [-0.2, 0) is 12.8 Å². The Hall–Kier alpha value is -3.12. The van der Waals surface area contributed by atoms with E-state index in [0.717, 1.165) is 59.7 Å². The van der Waals surface area contributed by atoms with Crippen LogP contribution >= 0.6 is 11.3 Å². The van der Waals surface area contributed by atoms with E-state index in [2.05, 4.69) is 12.2 Å². The zero-order chi connectivity index (χ0) is 23.8. The van der Waals surface area contributed by atoms with E-state index in [9.17, 15) is 4.79 Å². The first-order chi connectivity index (χ1) is 16.7. The molecule has 1 aliphatic carbocycles. The Balaban J connectivity index is 1.66. The van der Waals surface area contributed by atoms with E-state index in [1.165, 1.54) is 23.3 Å². The van der Waals surface area contributed by atoms with Crippen molar-refractivity contribution < 1.29 is 14.3 Å². The molecule has 0 saturated heterocycles. The lowest BCUT2D eigenvalue weighted by atomic mass is 9.96. The number of amides is 1. The summed E-state index contributed by atoms with van der Waals surface area (Å²) in [4.78, 5) is 19.5. The molecule has 1 N–H and O–H groups in total. The fourth-order valence-corrected chi connectivity index (χ4v) is 5.40. The fourth-order valence-electron chi connectivity index (χ4n) is 4.17. The Morgan fingerprint density at radius 3 is 2.62 bits per heavy atom. The molecule has 34 heavy (non-hydrogen) atoms. The summed E-state index contributed by atoms with van der Waals surface area (Å²) in [5, 5.41) is 3.84. The molecule has 6 heteroatoms. The van der Waals surface area contributed by atoms with Gasteiger partial charge in [0.2, 0.25) is 0 Å². The number of nitrogens with one attached hydrogen (secondary N) is 1. The first kappa shape index (κ1) is 24.0. The summed E-state index contributed by atoms with van der Waals surface area (Å²) in [6, 6.07) is 15.4. The number of nitrogens with zero attached hydrogens (tertiary/aromatic N) is 1. The summed E-state index contributed by atoms with van der Waals surface area (Å²) >= 11 is 1.65. The molecule has 0 bridgehead atoms. The minimum absolute atomic E-state index is 0.0858. The van der Waals surface area contributed by atoms with Crippen molar-refractivity contribution in [2.45, 2.75) is 51.9 Å². The number of thiophene rings is 1. The highest BCUT2D eigenvalue weighted by molar-refractivity contribution is 7.16. The largest absolute Gasteiger partial charge is 0.493 e. The smallest absolute Gasteiger partial charge is 0.259 e. The van der Waals surface area contributed by atoms with Crippen molar-refractivity contribution in [3.63, 3.8) is 0 Å². The maximum atomic E-state index is 13.4. The lowest BCUT2D eigenvalue weighted by molar-refractivity contribution is 0.102. The molecule has 1 aliphatic rings. The zero-order valence-electron chi connectivity index (χ0n) is 19.9. The van der Waals surface area contributed by atoms with Gasteiger partial charge in [-0.3, -0.25) is 4.79 Å². The Labute approximate surface area is 205 Å². The standard InChI is InChI=1S/C28H32N2O3S/c1-3-17-33-23-16-15-20(18-24(23)32-2)19-29-28-26(27(31)30-21-11-7-6-8-12-21)22-13-9-4-5-10-14-25(22)34-28/h6-8,11-12,15-16,18-19H,3-5,9-10,13-14,17H2,1-2H3,(H,30,31). The van der Waals surface area contributed by atoms with E-state index in [4.69, 9.17) is 14.5 Å². The number of ether oxygens (including phenoxy) is 2. The molecule has 0 spiro atoms. The number of aliphatic imine (C=N–C) groups is 1. The van der Waals surface area contributed by atoms with Crippen molar-refractivity contribution in [2.24, 2.45) is 4.99 Å². The number of carbonyl (C=O) groups excluding carboxylic acids is 1. The third-order valence-corrected chi connectivity index (χ3v) is 7.09. The summed E-state index contributed by atoms with van der Waals surface area (Å²) in [5.74, 6) is 1.32. The van der Waals surface area contributed by atoms with Crippen molar-refractivity contribution in [1.82, 2.24) is 0 Å². The van der Waals surface area contributed by atoms with Gasteiger partial charge in [-0.2, -0.15) is 0 Å². The van der Waals surface area contributed by atoms with Gasteiger partial charge in [0.25, 0.3) is 5.91 Å². The zero-order valence-corrected chi connectivity index (χ0v) is 20.7.